The molecule has 2 nitrogen and oxygen atoms in total. The Morgan fingerprint density at radius 3 is 3.40 bits per heavy atom. The number of hydrogen-bond acceptors (Lipinski definition) is 1. The number of nitrogens with zero attached hydrogens (tertiary/aromatic N) is 1. The van der Waals surface area contributed by atoms with Crippen molar-refractivity contribution in [1.29, 1.82) is 0 Å². The predicted molar refractivity (Wildman–Crippen MR) is 38.1 cm³/mol. The minimum absolute atomic E-state index is 1.08. The van der Waals surface area contributed by atoms with Crippen LogP contribution in [0.2, 0.25) is 0 Å². The largest absolute Gasteiger partial charge is 0.284 e. The van der Waals surface area contributed by atoms with E-state index in [2.05, 4.69) is 22.1 Å². The van der Waals surface area contributed by atoms with Gasteiger partial charge in [0, 0.05) is 6.42 Å². The highest BCUT2D eigenvalue weighted by Gasteiger charge is 2.08. The van der Waals surface area contributed by atoms with Crippen LogP contribution in [-0.2, 0) is 6.42 Å². The maximum atomic E-state index is 4.21. The maximum absolute atomic E-state index is 4.21. The van der Waals surface area contributed by atoms with Gasteiger partial charge in [-0.3, -0.25) is 0 Å². The quantitative estimate of drug-likeness (QED) is 0.515. The second kappa shape index (κ2) is 2.21. The summed E-state index contributed by atoms with van der Waals surface area (Å²) in [6.07, 6.45) is 10.2. The van der Waals surface area contributed by atoms with Crippen LogP contribution in [0.1, 0.15) is 17.7 Å². The van der Waals surface area contributed by atoms with Gasteiger partial charge in [0.25, 0.3) is 6.33 Å². The summed E-state index contributed by atoms with van der Waals surface area (Å²) in [6.45, 7) is 0. The van der Waals surface area contributed by atoms with E-state index in [9.17, 15) is 0 Å². The van der Waals surface area contributed by atoms with E-state index in [-0.39, 0.29) is 0 Å². The molecule has 2 rings (SSSR count). The third-order valence-electron chi connectivity index (χ3n) is 1.71. The fraction of sp³-hybridized carbons (Fsp3) is 0.250. The molecule has 1 aromatic heterocycles. The van der Waals surface area contributed by atoms with Crippen molar-refractivity contribution in [1.82, 2.24) is 4.98 Å². The van der Waals surface area contributed by atoms with Crippen molar-refractivity contribution in [3.05, 3.63) is 29.9 Å². The summed E-state index contributed by atoms with van der Waals surface area (Å²) in [4.78, 5) is 7.17. The number of rotatable bonds is 0. The molecule has 0 bridgehead atoms. The molecule has 0 radical (unpaired) electrons. The lowest BCUT2D eigenvalue weighted by Gasteiger charge is -2.00. The molecule has 0 saturated heterocycles. The van der Waals surface area contributed by atoms with E-state index in [1.54, 1.807) is 6.33 Å². The number of aryl methyl sites for hydroxylation is 1. The number of fused-ring (bicyclic) bond motifs is 1. The Labute approximate surface area is 59.6 Å². The van der Waals surface area contributed by atoms with E-state index in [1.165, 1.54) is 11.3 Å². The van der Waals surface area contributed by atoms with Crippen LogP contribution in [0.4, 0.5) is 0 Å². The Hall–Kier alpha value is -1.18. The van der Waals surface area contributed by atoms with Crippen LogP contribution in [0.3, 0.4) is 0 Å². The maximum Gasteiger partial charge on any atom is 0.284 e. The third kappa shape index (κ3) is 0.817. The van der Waals surface area contributed by atoms with Crippen LogP contribution in [0.5, 0.6) is 0 Å². The zero-order valence-corrected chi connectivity index (χ0v) is 5.67. The van der Waals surface area contributed by atoms with Crippen molar-refractivity contribution in [2.24, 2.45) is 0 Å². The van der Waals surface area contributed by atoms with Gasteiger partial charge in [0.05, 0.1) is 11.8 Å². The van der Waals surface area contributed by atoms with Gasteiger partial charge in [0.15, 0.2) is 5.69 Å². The fourth-order valence-corrected chi connectivity index (χ4v) is 1.18. The standard InChI is InChI=1S/C8H8N2/c1-2-4-8-7(3-1)5-9-6-10-8/h1,3,5-6H,2,4H2/p+1. The number of hydrogen-bond donors (Lipinski definition) is 0. The zero-order valence-electron chi connectivity index (χ0n) is 5.67. The van der Waals surface area contributed by atoms with Crippen molar-refractivity contribution >= 4 is 6.08 Å². The van der Waals surface area contributed by atoms with E-state index in [0.717, 1.165) is 12.8 Å². The first-order valence-corrected chi connectivity index (χ1v) is 3.48. The molecule has 0 unspecified atom stereocenters. The average Bonchev–Trinajstić information content (AvgIpc) is 2.05. The van der Waals surface area contributed by atoms with Gasteiger partial charge in [0.2, 0.25) is 0 Å². The van der Waals surface area contributed by atoms with Crippen LogP contribution in [-0.4, -0.2) is 4.98 Å². The van der Waals surface area contributed by atoms with Gasteiger partial charge in [-0.1, -0.05) is 17.1 Å². The Kier molecular flexibility index (Phi) is 1.24. The summed E-state index contributed by atoms with van der Waals surface area (Å²) in [5, 5.41) is 0. The Balaban J connectivity index is 2.54. The Morgan fingerprint density at radius 1 is 1.50 bits per heavy atom. The summed E-state index contributed by atoms with van der Waals surface area (Å²) >= 11 is 0. The molecule has 0 aliphatic heterocycles. The molecule has 0 spiro atoms. The summed E-state index contributed by atoms with van der Waals surface area (Å²) in [6, 6.07) is 0. The molecular formula is C8H9N2+. The molecular weight excluding hydrogens is 124 g/mol. The smallest absolute Gasteiger partial charge is 0.250 e. The predicted octanol–water partition coefficient (Wildman–Crippen LogP) is 0.855. The van der Waals surface area contributed by atoms with E-state index < -0.39 is 0 Å². The monoisotopic (exact) mass is 133 g/mol. The molecule has 1 aliphatic rings. The minimum atomic E-state index is 1.08. The first-order valence-electron chi connectivity index (χ1n) is 3.48. The van der Waals surface area contributed by atoms with Crippen molar-refractivity contribution in [3.8, 4) is 0 Å². The first kappa shape index (κ1) is 5.59. The van der Waals surface area contributed by atoms with E-state index in [1.807, 2.05) is 6.20 Å². The summed E-state index contributed by atoms with van der Waals surface area (Å²) in [5.41, 5.74) is 2.44. The molecule has 0 atom stereocenters. The highest BCUT2D eigenvalue weighted by molar-refractivity contribution is 5.51. The van der Waals surface area contributed by atoms with Crippen molar-refractivity contribution in [3.63, 3.8) is 0 Å². The molecule has 1 heterocycles. The Bertz CT molecular complexity index is 266. The summed E-state index contributed by atoms with van der Waals surface area (Å²) in [7, 11) is 0. The molecule has 1 N–H and O–H groups in total. The van der Waals surface area contributed by atoms with Gasteiger partial charge in [-0.2, -0.15) is 0 Å². The number of aromatic nitrogens is 2. The second-order valence-corrected chi connectivity index (χ2v) is 2.41. The second-order valence-electron chi connectivity index (χ2n) is 2.41. The SMILES string of the molecule is C1=Cc2c[nH+]cnc2CC1. The molecule has 0 aromatic carbocycles. The van der Waals surface area contributed by atoms with Gasteiger partial charge < -0.3 is 0 Å². The molecule has 10 heavy (non-hydrogen) atoms. The molecule has 50 valence electrons. The topological polar surface area (TPSA) is 27.0 Å². The average molecular weight is 133 g/mol. The van der Waals surface area contributed by atoms with Gasteiger partial charge in [0.1, 0.15) is 0 Å². The van der Waals surface area contributed by atoms with Crippen LogP contribution < -0.4 is 4.98 Å². The fourth-order valence-electron chi connectivity index (χ4n) is 1.18. The molecule has 1 aromatic rings. The third-order valence-corrected chi connectivity index (χ3v) is 1.71. The lowest BCUT2D eigenvalue weighted by atomic mass is 10.1. The van der Waals surface area contributed by atoms with Gasteiger partial charge in [-0.25, -0.2) is 4.98 Å². The molecule has 2 heteroatoms. The summed E-state index contributed by atoms with van der Waals surface area (Å²) in [5.74, 6) is 0. The van der Waals surface area contributed by atoms with Crippen molar-refractivity contribution in [2.75, 3.05) is 0 Å². The van der Waals surface area contributed by atoms with Crippen LogP contribution >= 0.6 is 0 Å². The molecule has 0 fully saturated rings. The van der Waals surface area contributed by atoms with Crippen LogP contribution in [0.15, 0.2) is 18.6 Å². The highest BCUT2D eigenvalue weighted by atomic mass is 14.8. The van der Waals surface area contributed by atoms with Gasteiger partial charge >= 0.3 is 0 Å². The number of H-pyrrole nitrogens is 1. The number of aromatic amines is 1. The lowest BCUT2D eigenvalue weighted by molar-refractivity contribution is -0.383. The lowest BCUT2D eigenvalue weighted by Crippen LogP contribution is -2.08. The van der Waals surface area contributed by atoms with E-state index in [0.29, 0.717) is 0 Å². The van der Waals surface area contributed by atoms with E-state index >= 15 is 0 Å². The van der Waals surface area contributed by atoms with Crippen LogP contribution in [0, 0.1) is 0 Å². The van der Waals surface area contributed by atoms with Crippen molar-refractivity contribution < 1.29 is 4.98 Å². The van der Waals surface area contributed by atoms with Gasteiger partial charge in [-0.05, 0) is 6.42 Å². The van der Waals surface area contributed by atoms with Gasteiger partial charge in [-0.15, -0.1) is 0 Å². The van der Waals surface area contributed by atoms with E-state index in [4.69, 9.17) is 0 Å². The van der Waals surface area contributed by atoms with Crippen LogP contribution in [0.25, 0.3) is 6.08 Å². The zero-order chi connectivity index (χ0) is 6.81. The Morgan fingerprint density at radius 2 is 2.50 bits per heavy atom. The molecule has 0 saturated carbocycles. The number of allylic oxidation sites excluding steroid dienone is 1. The number of nitrogens with one attached hydrogen (secondary N) is 1. The first-order chi connectivity index (χ1) is 4.97. The highest BCUT2D eigenvalue weighted by Crippen LogP contribution is 2.13. The molecule has 0 amide bonds. The van der Waals surface area contributed by atoms with Crippen molar-refractivity contribution in [2.45, 2.75) is 12.8 Å². The normalized spacial score (nSPS) is 14.8. The molecule has 1 aliphatic carbocycles. The minimum Gasteiger partial charge on any atom is -0.250 e. The summed E-state index contributed by atoms with van der Waals surface area (Å²) < 4.78 is 0.